The molecule has 0 aromatic rings. The van der Waals surface area contributed by atoms with Crippen LogP contribution in [0.3, 0.4) is 0 Å². The van der Waals surface area contributed by atoms with Crippen LogP contribution in [-0.2, 0) is 0 Å². The Hall–Kier alpha value is 0.250. The van der Waals surface area contributed by atoms with Crippen molar-refractivity contribution in [2.45, 2.75) is 19.8 Å². The zero-order valence-electron chi connectivity index (χ0n) is 6.28. The fraction of sp³-hybridized carbons (Fsp3) is 1.00. The molecule has 56 valence electrons. The minimum atomic E-state index is 0.681. The van der Waals surface area contributed by atoms with Gasteiger partial charge in [-0.3, -0.25) is 0 Å². The van der Waals surface area contributed by atoms with Crippen LogP contribution in [0.15, 0.2) is 0 Å². The molecule has 0 saturated heterocycles. The monoisotopic (exact) mass is 149 g/mol. The molecule has 0 bridgehead atoms. The van der Waals surface area contributed by atoms with Crippen molar-refractivity contribution in [1.82, 2.24) is 5.32 Å². The first-order valence-electron chi connectivity index (χ1n) is 3.51. The number of rotatable bonds is 5. The normalized spacial score (nSPS) is 13.7. The maximum Gasteiger partial charge on any atom is 0.0249 e. The Morgan fingerprint density at radius 2 is 2.22 bits per heavy atom. The highest BCUT2D eigenvalue weighted by molar-refractivity contribution is 6.18. The van der Waals surface area contributed by atoms with Crippen LogP contribution in [-0.4, -0.2) is 19.5 Å². The Kier molecular flexibility index (Phi) is 6.55. The smallest absolute Gasteiger partial charge is 0.0249 e. The minimum absolute atomic E-state index is 0.681. The van der Waals surface area contributed by atoms with Gasteiger partial charge >= 0.3 is 0 Å². The summed E-state index contributed by atoms with van der Waals surface area (Å²) in [6.07, 6.45) is 2.48. The zero-order valence-corrected chi connectivity index (χ0v) is 7.04. The minimum Gasteiger partial charge on any atom is -0.320 e. The second kappa shape index (κ2) is 6.37. The Bertz CT molecular complexity index is 56.9. The summed E-state index contributed by atoms with van der Waals surface area (Å²) in [5.74, 6) is 1.48. The molecule has 0 spiro atoms. The van der Waals surface area contributed by atoms with Crippen molar-refractivity contribution < 1.29 is 0 Å². The lowest BCUT2D eigenvalue weighted by Gasteiger charge is -2.04. The molecule has 0 heterocycles. The number of nitrogens with one attached hydrogen (secondary N) is 1. The van der Waals surface area contributed by atoms with Crippen molar-refractivity contribution >= 4 is 11.6 Å². The van der Waals surface area contributed by atoms with Gasteiger partial charge in [0.15, 0.2) is 0 Å². The van der Waals surface area contributed by atoms with E-state index in [0.717, 1.165) is 12.4 Å². The second-order valence-corrected chi connectivity index (χ2v) is 2.81. The van der Waals surface area contributed by atoms with E-state index in [1.165, 1.54) is 12.8 Å². The lowest BCUT2D eigenvalue weighted by atomic mass is 10.1. The maximum absolute atomic E-state index is 5.61. The van der Waals surface area contributed by atoms with Gasteiger partial charge in [0.05, 0.1) is 0 Å². The van der Waals surface area contributed by atoms with Gasteiger partial charge in [-0.2, -0.15) is 0 Å². The van der Waals surface area contributed by atoms with Crippen LogP contribution in [0.1, 0.15) is 19.8 Å². The molecule has 0 saturated carbocycles. The van der Waals surface area contributed by atoms with Crippen LogP contribution in [0.25, 0.3) is 0 Å². The zero-order chi connectivity index (χ0) is 7.11. The van der Waals surface area contributed by atoms with Crippen LogP contribution in [0, 0.1) is 5.92 Å². The van der Waals surface area contributed by atoms with E-state index >= 15 is 0 Å². The topological polar surface area (TPSA) is 12.0 Å². The fourth-order valence-corrected chi connectivity index (χ4v) is 0.859. The first-order valence-corrected chi connectivity index (χ1v) is 4.05. The number of halogens is 1. The molecule has 1 unspecified atom stereocenters. The van der Waals surface area contributed by atoms with E-state index in [1.54, 1.807) is 0 Å². The Morgan fingerprint density at radius 3 is 2.67 bits per heavy atom. The molecular weight excluding hydrogens is 134 g/mol. The third kappa shape index (κ3) is 6.13. The summed E-state index contributed by atoms with van der Waals surface area (Å²) in [5.41, 5.74) is 0. The summed E-state index contributed by atoms with van der Waals surface area (Å²) in [6, 6.07) is 0. The molecule has 0 aromatic carbocycles. The summed E-state index contributed by atoms with van der Waals surface area (Å²) < 4.78 is 0. The molecule has 0 amide bonds. The van der Waals surface area contributed by atoms with Crippen molar-refractivity contribution in [2.75, 3.05) is 19.5 Å². The molecule has 0 aliphatic heterocycles. The predicted octanol–water partition coefficient (Wildman–Crippen LogP) is 1.86. The second-order valence-electron chi connectivity index (χ2n) is 2.51. The van der Waals surface area contributed by atoms with Gasteiger partial charge in [0.2, 0.25) is 0 Å². The number of alkyl halides is 1. The van der Waals surface area contributed by atoms with Gasteiger partial charge < -0.3 is 5.32 Å². The summed E-state index contributed by atoms with van der Waals surface area (Å²) >= 11 is 5.61. The Morgan fingerprint density at radius 1 is 1.56 bits per heavy atom. The van der Waals surface area contributed by atoms with Crippen molar-refractivity contribution in [3.8, 4) is 0 Å². The largest absolute Gasteiger partial charge is 0.320 e. The average molecular weight is 150 g/mol. The summed E-state index contributed by atoms with van der Waals surface area (Å²) in [5, 5.41) is 3.10. The van der Waals surface area contributed by atoms with E-state index in [9.17, 15) is 0 Å². The molecule has 1 atom stereocenters. The van der Waals surface area contributed by atoms with E-state index in [4.69, 9.17) is 11.6 Å². The van der Waals surface area contributed by atoms with Crippen molar-refractivity contribution in [2.24, 2.45) is 5.92 Å². The molecule has 0 aliphatic rings. The quantitative estimate of drug-likeness (QED) is 0.465. The third-order valence-corrected chi connectivity index (χ3v) is 1.91. The lowest BCUT2D eigenvalue weighted by Crippen LogP contribution is -2.09. The number of hydrogen-bond acceptors (Lipinski definition) is 1. The van der Waals surface area contributed by atoms with E-state index in [2.05, 4.69) is 12.2 Å². The van der Waals surface area contributed by atoms with Gasteiger partial charge in [0.1, 0.15) is 0 Å². The molecule has 0 aromatic heterocycles. The van der Waals surface area contributed by atoms with Gasteiger partial charge in [0.25, 0.3) is 0 Å². The summed E-state index contributed by atoms with van der Waals surface area (Å²) in [7, 11) is 1.98. The van der Waals surface area contributed by atoms with E-state index in [1.807, 2.05) is 7.05 Å². The first-order chi connectivity index (χ1) is 4.31. The molecule has 0 fully saturated rings. The van der Waals surface area contributed by atoms with Crippen molar-refractivity contribution in [3.63, 3.8) is 0 Å². The Balaban J connectivity index is 2.88. The van der Waals surface area contributed by atoms with Gasteiger partial charge in [-0.25, -0.2) is 0 Å². The van der Waals surface area contributed by atoms with Crippen LogP contribution in [0.5, 0.6) is 0 Å². The van der Waals surface area contributed by atoms with Crippen LogP contribution in [0.2, 0.25) is 0 Å². The van der Waals surface area contributed by atoms with Gasteiger partial charge in [0, 0.05) is 5.88 Å². The van der Waals surface area contributed by atoms with Crippen molar-refractivity contribution in [3.05, 3.63) is 0 Å². The lowest BCUT2D eigenvalue weighted by molar-refractivity contribution is 0.547. The molecule has 0 rings (SSSR count). The van der Waals surface area contributed by atoms with Crippen molar-refractivity contribution in [1.29, 1.82) is 0 Å². The summed E-state index contributed by atoms with van der Waals surface area (Å²) in [4.78, 5) is 0. The van der Waals surface area contributed by atoms with Crippen LogP contribution < -0.4 is 5.32 Å². The van der Waals surface area contributed by atoms with Gasteiger partial charge in [-0.15, -0.1) is 11.6 Å². The summed E-state index contributed by atoms with van der Waals surface area (Å²) in [6.45, 7) is 3.30. The molecular formula is C7H16ClN. The van der Waals surface area contributed by atoms with Gasteiger partial charge in [-0.05, 0) is 32.4 Å². The van der Waals surface area contributed by atoms with Crippen LogP contribution >= 0.6 is 11.6 Å². The standard InChI is InChI=1S/C7H16ClN/c1-7(6-8)4-3-5-9-2/h7,9H,3-6H2,1-2H3. The third-order valence-electron chi connectivity index (χ3n) is 1.39. The molecule has 0 radical (unpaired) electrons. The Labute approximate surface area is 62.8 Å². The molecule has 1 N–H and O–H groups in total. The maximum atomic E-state index is 5.61. The van der Waals surface area contributed by atoms with Crippen LogP contribution in [0.4, 0.5) is 0 Å². The van der Waals surface area contributed by atoms with E-state index in [-0.39, 0.29) is 0 Å². The van der Waals surface area contributed by atoms with E-state index < -0.39 is 0 Å². The highest BCUT2D eigenvalue weighted by atomic mass is 35.5. The first kappa shape index (κ1) is 9.25. The predicted molar refractivity (Wildman–Crippen MR) is 43.0 cm³/mol. The van der Waals surface area contributed by atoms with E-state index in [0.29, 0.717) is 5.92 Å². The molecule has 1 nitrogen and oxygen atoms in total. The number of hydrogen-bond donors (Lipinski definition) is 1. The molecule has 9 heavy (non-hydrogen) atoms. The molecule has 2 heteroatoms. The fourth-order valence-electron chi connectivity index (χ4n) is 0.704. The SMILES string of the molecule is CNCCCC(C)CCl. The average Bonchev–Trinajstić information content (AvgIpc) is 1.89. The highest BCUT2D eigenvalue weighted by Crippen LogP contribution is 2.05. The van der Waals surface area contributed by atoms with Gasteiger partial charge in [-0.1, -0.05) is 6.92 Å². The highest BCUT2D eigenvalue weighted by Gasteiger charge is 1.97. The molecule has 0 aliphatic carbocycles.